The predicted molar refractivity (Wildman–Crippen MR) is 116 cm³/mol. The molecule has 1 N–H and O–H groups in total. The maximum Gasteiger partial charge on any atom is 0.343 e. The number of nitrogens with zero attached hydrogens (tertiary/aromatic N) is 1. The number of ether oxygens (including phenoxy) is 1. The zero-order chi connectivity index (χ0) is 22.8. The number of hydrogen-bond donors (Lipinski definition) is 1. The van der Waals surface area contributed by atoms with Gasteiger partial charge in [0, 0.05) is 35.0 Å². The van der Waals surface area contributed by atoms with Crippen molar-refractivity contribution >= 4 is 40.5 Å². The number of nitro groups is 1. The smallest absolute Gasteiger partial charge is 0.343 e. The molecule has 3 aromatic carbocycles. The number of nitro benzene ring substituents is 1. The largest absolute Gasteiger partial charge is 0.423 e. The number of hydrogen-bond acceptors (Lipinski definition) is 7. The highest BCUT2D eigenvalue weighted by atomic mass is 35.5. The summed E-state index contributed by atoms with van der Waals surface area (Å²) >= 11 is 6.16. The summed E-state index contributed by atoms with van der Waals surface area (Å²) in [6, 6.07) is 17.5. The van der Waals surface area contributed by atoms with Crippen LogP contribution in [-0.4, -0.2) is 22.5 Å². The van der Waals surface area contributed by atoms with E-state index in [2.05, 4.69) is 5.32 Å². The van der Waals surface area contributed by atoms with Gasteiger partial charge >= 0.3 is 5.97 Å². The Balaban J connectivity index is 1.54. The lowest BCUT2D eigenvalue weighted by Crippen LogP contribution is -2.24. The minimum absolute atomic E-state index is 0.0748. The second-order valence-corrected chi connectivity index (χ2v) is 7.12. The number of non-ortho nitro benzene ring substituents is 1. The second kappa shape index (κ2) is 8.44. The van der Waals surface area contributed by atoms with Crippen molar-refractivity contribution in [1.29, 1.82) is 0 Å². The summed E-state index contributed by atoms with van der Waals surface area (Å²) in [4.78, 5) is 47.8. The van der Waals surface area contributed by atoms with Crippen LogP contribution in [-0.2, 0) is 0 Å². The topological polar surface area (TPSA) is 116 Å². The van der Waals surface area contributed by atoms with Crippen molar-refractivity contribution in [3.05, 3.63) is 110 Å². The maximum absolute atomic E-state index is 12.8. The van der Waals surface area contributed by atoms with E-state index < -0.39 is 22.5 Å². The predicted octanol–water partition coefficient (Wildman–Crippen LogP) is 4.76. The second-order valence-electron chi connectivity index (χ2n) is 6.74. The highest BCUT2D eigenvalue weighted by molar-refractivity contribution is 6.50. The van der Waals surface area contributed by atoms with Crippen LogP contribution in [0.15, 0.2) is 83.5 Å². The minimum atomic E-state index is -0.716. The first-order valence-corrected chi connectivity index (χ1v) is 9.65. The van der Waals surface area contributed by atoms with Crippen LogP contribution < -0.4 is 10.1 Å². The van der Waals surface area contributed by atoms with Crippen molar-refractivity contribution in [2.24, 2.45) is 0 Å². The Kier molecular flexibility index (Phi) is 5.53. The van der Waals surface area contributed by atoms with Crippen LogP contribution >= 0.6 is 11.6 Å². The Bertz CT molecular complexity index is 1310. The van der Waals surface area contributed by atoms with Gasteiger partial charge in [-0.05, 0) is 24.3 Å². The molecule has 1 aliphatic rings. The van der Waals surface area contributed by atoms with E-state index in [-0.39, 0.29) is 38.9 Å². The number of Topliss-reactive ketones (excluding diaryl/α,β-unsaturated/α-hetero) is 2. The molecule has 9 heteroatoms. The van der Waals surface area contributed by atoms with Gasteiger partial charge in [0.25, 0.3) is 5.69 Å². The van der Waals surface area contributed by atoms with Gasteiger partial charge in [0.1, 0.15) is 16.5 Å². The molecule has 0 aromatic heterocycles. The fraction of sp³-hybridized carbons (Fsp3) is 0. The van der Waals surface area contributed by atoms with E-state index in [1.165, 1.54) is 42.5 Å². The first-order valence-electron chi connectivity index (χ1n) is 9.27. The van der Waals surface area contributed by atoms with Crippen molar-refractivity contribution in [3.8, 4) is 5.75 Å². The van der Waals surface area contributed by atoms with Gasteiger partial charge in [0.05, 0.1) is 10.5 Å². The third-order valence-electron chi connectivity index (χ3n) is 4.69. The molecule has 0 heterocycles. The van der Waals surface area contributed by atoms with Gasteiger partial charge in [-0.3, -0.25) is 19.7 Å². The van der Waals surface area contributed by atoms with Crippen molar-refractivity contribution in [2.45, 2.75) is 0 Å². The van der Waals surface area contributed by atoms with Crippen LogP contribution in [0.25, 0.3) is 0 Å². The number of allylic oxidation sites excluding steroid dienone is 2. The summed E-state index contributed by atoms with van der Waals surface area (Å²) in [7, 11) is 0. The quantitative estimate of drug-likeness (QED) is 0.259. The number of nitrogens with one attached hydrogen (secondary N) is 1. The van der Waals surface area contributed by atoms with Gasteiger partial charge < -0.3 is 10.1 Å². The Hall–Kier alpha value is -4.30. The molecular formula is C23H13ClN2O6. The normalized spacial score (nSPS) is 12.9. The molecule has 32 heavy (non-hydrogen) atoms. The number of fused-ring (bicyclic) bond motifs is 1. The molecule has 0 spiro atoms. The van der Waals surface area contributed by atoms with Gasteiger partial charge in [-0.2, -0.15) is 0 Å². The number of carbonyl (C=O) groups is 3. The number of benzene rings is 3. The van der Waals surface area contributed by atoms with E-state index in [1.54, 1.807) is 30.3 Å². The van der Waals surface area contributed by atoms with E-state index in [0.29, 0.717) is 5.69 Å². The van der Waals surface area contributed by atoms with Crippen LogP contribution in [0.4, 0.5) is 11.4 Å². The van der Waals surface area contributed by atoms with Crippen molar-refractivity contribution in [2.75, 3.05) is 5.32 Å². The molecule has 0 unspecified atom stereocenters. The Labute approximate surface area is 186 Å². The number of ketones is 2. The van der Waals surface area contributed by atoms with E-state index in [9.17, 15) is 24.5 Å². The maximum atomic E-state index is 12.8. The first-order chi connectivity index (χ1) is 15.3. The summed E-state index contributed by atoms with van der Waals surface area (Å²) in [6.45, 7) is 0. The molecule has 158 valence electrons. The average molecular weight is 449 g/mol. The van der Waals surface area contributed by atoms with E-state index in [1.807, 2.05) is 0 Å². The van der Waals surface area contributed by atoms with Gasteiger partial charge in [-0.25, -0.2) is 4.79 Å². The van der Waals surface area contributed by atoms with Gasteiger partial charge in [-0.15, -0.1) is 0 Å². The third kappa shape index (κ3) is 3.99. The highest BCUT2D eigenvalue weighted by Gasteiger charge is 2.31. The summed E-state index contributed by atoms with van der Waals surface area (Å²) in [5, 5.41) is 13.3. The zero-order valence-corrected chi connectivity index (χ0v) is 17.0. The van der Waals surface area contributed by atoms with E-state index in [4.69, 9.17) is 16.3 Å². The zero-order valence-electron chi connectivity index (χ0n) is 16.2. The molecule has 0 atom stereocenters. The molecular weight excluding hydrogens is 436 g/mol. The summed E-state index contributed by atoms with van der Waals surface area (Å²) in [6.07, 6.45) is 0. The molecule has 0 aliphatic heterocycles. The molecule has 0 bridgehead atoms. The van der Waals surface area contributed by atoms with E-state index in [0.717, 1.165) is 0 Å². The molecule has 0 fully saturated rings. The summed E-state index contributed by atoms with van der Waals surface area (Å²) in [5.41, 5.74) is 0.751. The lowest BCUT2D eigenvalue weighted by Gasteiger charge is -2.19. The van der Waals surface area contributed by atoms with Gasteiger partial charge in [-0.1, -0.05) is 41.9 Å². The van der Waals surface area contributed by atoms with Crippen LogP contribution in [0.2, 0.25) is 0 Å². The number of carbonyl (C=O) groups excluding carboxylic acids is 3. The standard InChI is InChI=1S/C23H13ClN2O6/c24-19-20(22(28)18-7-2-1-6-17(18)21(19)27)25-14-4-3-5-16(12-14)32-23(29)13-8-10-15(11-9-13)26(30)31/h1-12,25H. The summed E-state index contributed by atoms with van der Waals surface area (Å²) < 4.78 is 5.31. The third-order valence-corrected chi connectivity index (χ3v) is 5.05. The Morgan fingerprint density at radius 2 is 1.56 bits per heavy atom. The van der Waals surface area contributed by atoms with E-state index >= 15 is 0 Å². The van der Waals surface area contributed by atoms with Crippen LogP contribution in [0.3, 0.4) is 0 Å². The highest BCUT2D eigenvalue weighted by Crippen LogP contribution is 2.30. The van der Waals surface area contributed by atoms with Crippen LogP contribution in [0.1, 0.15) is 31.1 Å². The number of anilines is 1. The molecule has 0 amide bonds. The van der Waals surface area contributed by atoms with Gasteiger partial charge in [0.15, 0.2) is 0 Å². The molecule has 0 radical (unpaired) electrons. The molecule has 1 aliphatic carbocycles. The van der Waals surface area contributed by atoms with Crippen LogP contribution in [0, 0.1) is 10.1 Å². The number of halogens is 1. The minimum Gasteiger partial charge on any atom is -0.423 e. The summed E-state index contributed by atoms with van der Waals surface area (Å²) in [5.74, 6) is -1.46. The Morgan fingerprint density at radius 1 is 0.906 bits per heavy atom. The van der Waals surface area contributed by atoms with Crippen molar-refractivity contribution < 1.29 is 24.0 Å². The Morgan fingerprint density at radius 3 is 2.22 bits per heavy atom. The lowest BCUT2D eigenvalue weighted by atomic mass is 9.92. The van der Waals surface area contributed by atoms with Crippen LogP contribution in [0.5, 0.6) is 5.75 Å². The lowest BCUT2D eigenvalue weighted by molar-refractivity contribution is -0.384. The fourth-order valence-electron chi connectivity index (χ4n) is 3.12. The molecule has 3 aromatic rings. The number of rotatable bonds is 5. The van der Waals surface area contributed by atoms with Gasteiger partial charge in [0.2, 0.25) is 11.6 Å². The van der Waals surface area contributed by atoms with Crippen molar-refractivity contribution in [1.82, 2.24) is 0 Å². The average Bonchev–Trinajstić information content (AvgIpc) is 2.80. The monoisotopic (exact) mass is 448 g/mol. The number of esters is 1. The van der Waals surface area contributed by atoms with Crippen molar-refractivity contribution in [3.63, 3.8) is 0 Å². The SMILES string of the molecule is O=C(Oc1cccc(NC2=C(Cl)C(=O)c3ccccc3C2=O)c1)c1ccc([N+](=O)[O-])cc1. The first kappa shape index (κ1) is 21.0. The fourth-order valence-corrected chi connectivity index (χ4v) is 3.36. The molecule has 0 saturated carbocycles. The molecule has 0 saturated heterocycles. The molecule has 4 rings (SSSR count). The molecule has 8 nitrogen and oxygen atoms in total.